The van der Waals surface area contributed by atoms with Crippen molar-refractivity contribution in [2.24, 2.45) is 0 Å². The van der Waals surface area contributed by atoms with E-state index in [1.165, 1.54) is 0 Å². The van der Waals surface area contributed by atoms with Crippen molar-refractivity contribution in [3.05, 3.63) is 66.4 Å². The molecule has 1 heterocycles. The lowest BCUT2D eigenvalue weighted by Gasteiger charge is -2.11. The number of carbonyl (C=O) groups excluding carboxylic acids is 1. The Morgan fingerprint density at radius 2 is 1.88 bits per heavy atom. The summed E-state index contributed by atoms with van der Waals surface area (Å²) in [6.45, 7) is 0.318. The predicted molar refractivity (Wildman–Crippen MR) is 99.0 cm³/mol. The van der Waals surface area contributed by atoms with Crippen LogP contribution in [0.4, 0.5) is 10.6 Å². The second-order valence-electron chi connectivity index (χ2n) is 5.47. The number of urea groups is 1. The third-order valence-corrected chi connectivity index (χ3v) is 3.79. The van der Waals surface area contributed by atoms with E-state index in [1.54, 1.807) is 37.2 Å². The van der Waals surface area contributed by atoms with Gasteiger partial charge in [-0.05, 0) is 24.3 Å². The Balaban J connectivity index is 1.59. The first-order valence-electron chi connectivity index (χ1n) is 8.06. The van der Waals surface area contributed by atoms with Gasteiger partial charge in [-0.25, -0.2) is 9.48 Å². The standard InChI is InChI=1S/C19H20N4O3/c1-25-16-9-8-14(17(12-16)26-2)13-20-19(24)21-18-10-11-23(22-18)15-6-4-3-5-7-15/h3-12H,13H2,1-2H3,(H2,20,21,22,24). The molecule has 26 heavy (non-hydrogen) atoms. The highest BCUT2D eigenvalue weighted by atomic mass is 16.5. The molecular formula is C19H20N4O3. The normalized spacial score (nSPS) is 10.2. The Morgan fingerprint density at radius 3 is 2.62 bits per heavy atom. The van der Waals surface area contributed by atoms with E-state index in [2.05, 4.69) is 15.7 Å². The zero-order valence-corrected chi connectivity index (χ0v) is 14.6. The molecule has 3 rings (SSSR count). The fourth-order valence-electron chi connectivity index (χ4n) is 2.45. The molecule has 134 valence electrons. The van der Waals surface area contributed by atoms with Crippen molar-refractivity contribution in [2.45, 2.75) is 6.54 Å². The lowest BCUT2D eigenvalue weighted by molar-refractivity contribution is 0.251. The first-order valence-corrected chi connectivity index (χ1v) is 8.06. The van der Waals surface area contributed by atoms with Crippen LogP contribution in [0.25, 0.3) is 5.69 Å². The zero-order valence-electron chi connectivity index (χ0n) is 14.6. The summed E-state index contributed by atoms with van der Waals surface area (Å²) in [5.74, 6) is 1.81. The quantitative estimate of drug-likeness (QED) is 0.714. The van der Waals surface area contributed by atoms with Gasteiger partial charge < -0.3 is 14.8 Å². The van der Waals surface area contributed by atoms with E-state index in [0.717, 1.165) is 11.3 Å². The minimum Gasteiger partial charge on any atom is -0.497 e. The summed E-state index contributed by atoms with van der Waals surface area (Å²) >= 11 is 0. The van der Waals surface area contributed by atoms with Crippen molar-refractivity contribution in [2.75, 3.05) is 19.5 Å². The SMILES string of the molecule is COc1ccc(CNC(=O)Nc2ccn(-c3ccccc3)n2)c(OC)c1. The number of benzene rings is 2. The van der Waals surface area contributed by atoms with Crippen LogP contribution in [-0.4, -0.2) is 30.0 Å². The summed E-state index contributed by atoms with van der Waals surface area (Å²) in [7, 11) is 3.17. The van der Waals surface area contributed by atoms with Crippen molar-refractivity contribution < 1.29 is 14.3 Å². The van der Waals surface area contributed by atoms with E-state index in [4.69, 9.17) is 9.47 Å². The van der Waals surface area contributed by atoms with Crippen molar-refractivity contribution in [3.63, 3.8) is 0 Å². The average molecular weight is 352 g/mol. The molecule has 7 heteroatoms. The molecule has 0 aliphatic rings. The second kappa shape index (κ2) is 8.06. The highest BCUT2D eigenvalue weighted by Crippen LogP contribution is 2.24. The van der Waals surface area contributed by atoms with Crippen LogP contribution >= 0.6 is 0 Å². The van der Waals surface area contributed by atoms with Gasteiger partial charge in [-0.1, -0.05) is 18.2 Å². The summed E-state index contributed by atoms with van der Waals surface area (Å²) < 4.78 is 12.2. The van der Waals surface area contributed by atoms with Gasteiger partial charge in [-0.2, -0.15) is 0 Å². The molecule has 2 aromatic carbocycles. The topological polar surface area (TPSA) is 77.4 Å². The summed E-state index contributed by atoms with van der Waals surface area (Å²) in [5.41, 5.74) is 1.77. The van der Waals surface area contributed by atoms with Gasteiger partial charge in [0, 0.05) is 30.4 Å². The molecule has 0 fully saturated rings. The van der Waals surface area contributed by atoms with Gasteiger partial charge >= 0.3 is 6.03 Å². The molecule has 0 bridgehead atoms. The Hall–Kier alpha value is -3.48. The minimum atomic E-state index is -0.346. The summed E-state index contributed by atoms with van der Waals surface area (Å²) in [5, 5.41) is 9.84. The van der Waals surface area contributed by atoms with Crippen molar-refractivity contribution >= 4 is 11.8 Å². The van der Waals surface area contributed by atoms with Crippen LogP contribution in [0, 0.1) is 0 Å². The van der Waals surface area contributed by atoms with Crippen LogP contribution in [0.1, 0.15) is 5.56 Å². The van der Waals surface area contributed by atoms with Crippen LogP contribution in [0.3, 0.4) is 0 Å². The number of para-hydroxylation sites is 1. The minimum absolute atomic E-state index is 0.318. The lowest BCUT2D eigenvalue weighted by Crippen LogP contribution is -2.28. The van der Waals surface area contributed by atoms with Crippen LogP contribution < -0.4 is 20.1 Å². The summed E-state index contributed by atoms with van der Waals surface area (Å²) in [6, 6.07) is 16.5. The number of hydrogen-bond donors (Lipinski definition) is 2. The largest absolute Gasteiger partial charge is 0.497 e. The van der Waals surface area contributed by atoms with Gasteiger partial charge in [0.15, 0.2) is 5.82 Å². The third-order valence-electron chi connectivity index (χ3n) is 3.79. The van der Waals surface area contributed by atoms with Gasteiger partial charge in [0.05, 0.1) is 19.9 Å². The second-order valence-corrected chi connectivity index (χ2v) is 5.47. The van der Waals surface area contributed by atoms with Gasteiger partial charge in [-0.15, -0.1) is 5.10 Å². The number of aromatic nitrogens is 2. The molecule has 3 aromatic rings. The maximum atomic E-state index is 12.1. The number of rotatable bonds is 6. The van der Waals surface area contributed by atoms with Crippen LogP contribution in [0.15, 0.2) is 60.8 Å². The summed E-state index contributed by atoms with van der Waals surface area (Å²) in [4.78, 5) is 12.1. The molecule has 2 amide bonds. The maximum Gasteiger partial charge on any atom is 0.320 e. The number of anilines is 1. The Labute approximate surface area is 151 Å². The number of methoxy groups -OCH3 is 2. The Bertz CT molecular complexity index is 878. The van der Waals surface area contributed by atoms with E-state index in [1.807, 2.05) is 42.5 Å². The van der Waals surface area contributed by atoms with Crippen molar-refractivity contribution in [1.82, 2.24) is 15.1 Å². The lowest BCUT2D eigenvalue weighted by atomic mass is 10.2. The van der Waals surface area contributed by atoms with E-state index in [9.17, 15) is 4.79 Å². The number of carbonyl (C=O) groups is 1. The zero-order chi connectivity index (χ0) is 18.4. The van der Waals surface area contributed by atoms with Crippen molar-refractivity contribution in [3.8, 4) is 17.2 Å². The third kappa shape index (κ3) is 4.13. The molecule has 1 aromatic heterocycles. The molecule has 0 aliphatic heterocycles. The molecule has 0 radical (unpaired) electrons. The maximum absolute atomic E-state index is 12.1. The smallest absolute Gasteiger partial charge is 0.320 e. The molecular weight excluding hydrogens is 332 g/mol. The fraction of sp³-hybridized carbons (Fsp3) is 0.158. The average Bonchev–Trinajstić information content (AvgIpc) is 3.15. The number of ether oxygens (including phenoxy) is 2. The van der Waals surface area contributed by atoms with E-state index in [0.29, 0.717) is 23.9 Å². The summed E-state index contributed by atoms with van der Waals surface area (Å²) in [6.07, 6.45) is 1.79. The number of nitrogens with one attached hydrogen (secondary N) is 2. The van der Waals surface area contributed by atoms with Gasteiger partial charge in [-0.3, -0.25) is 5.32 Å². The van der Waals surface area contributed by atoms with E-state index < -0.39 is 0 Å². The van der Waals surface area contributed by atoms with Crippen LogP contribution in [0.5, 0.6) is 11.5 Å². The Kier molecular flexibility index (Phi) is 5.38. The highest BCUT2D eigenvalue weighted by molar-refractivity contribution is 5.88. The van der Waals surface area contributed by atoms with E-state index in [-0.39, 0.29) is 6.03 Å². The molecule has 0 aliphatic carbocycles. The monoisotopic (exact) mass is 352 g/mol. The molecule has 2 N–H and O–H groups in total. The predicted octanol–water partition coefficient (Wildman–Crippen LogP) is 3.21. The molecule has 7 nitrogen and oxygen atoms in total. The van der Waals surface area contributed by atoms with Crippen LogP contribution in [0.2, 0.25) is 0 Å². The molecule has 0 saturated carbocycles. The van der Waals surface area contributed by atoms with E-state index >= 15 is 0 Å². The van der Waals surface area contributed by atoms with Crippen LogP contribution in [-0.2, 0) is 6.54 Å². The molecule has 0 atom stereocenters. The number of amides is 2. The molecule has 0 saturated heterocycles. The fourth-order valence-corrected chi connectivity index (χ4v) is 2.45. The van der Waals surface area contributed by atoms with Gasteiger partial charge in [0.2, 0.25) is 0 Å². The highest BCUT2D eigenvalue weighted by Gasteiger charge is 2.09. The first-order chi connectivity index (χ1) is 12.7. The molecule has 0 spiro atoms. The van der Waals surface area contributed by atoms with Gasteiger partial charge in [0.25, 0.3) is 0 Å². The van der Waals surface area contributed by atoms with Crippen molar-refractivity contribution in [1.29, 1.82) is 0 Å². The molecule has 0 unspecified atom stereocenters. The Morgan fingerprint density at radius 1 is 1.08 bits per heavy atom. The number of nitrogens with zero attached hydrogens (tertiary/aromatic N) is 2. The number of hydrogen-bond acceptors (Lipinski definition) is 4. The first kappa shape index (κ1) is 17.3. The van der Waals surface area contributed by atoms with Gasteiger partial charge in [0.1, 0.15) is 11.5 Å².